The maximum absolute atomic E-state index is 9.95. The SMILES string of the molecule is CCC(C)OCC(C)(O)COCC=C(C)C. The van der Waals surface area contributed by atoms with Crippen molar-refractivity contribution in [2.75, 3.05) is 19.8 Å². The maximum atomic E-state index is 9.95. The molecule has 0 aromatic rings. The summed E-state index contributed by atoms with van der Waals surface area (Å²) in [7, 11) is 0. The molecule has 0 fully saturated rings. The molecule has 16 heavy (non-hydrogen) atoms. The molecule has 0 saturated carbocycles. The summed E-state index contributed by atoms with van der Waals surface area (Å²) in [6.07, 6.45) is 3.13. The van der Waals surface area contributed by atoms with Crippen LogP contribution in [0.2, 0.25) is 0 Å². The summed E-state index contributed by atoms with van der Waals surface area (Å²) in [6.45, 7) is 11.0. The third-order valence-electron chi connectivity index (χ3n) is 2.28. The average molecular weight is 230 g/mol. The van der Waals surface area contributed by atoms with E-state index in [9.17, 15) is 5.11 Å². The molecule has 96 valence electrons. The molecule has 0 spiro atoms. The van der Waals surface area contributed by atoms with Crippen molar-refractivity contribution in [2.24, 2.45) is 0 Å². The first-order valence-corrected chi connectivity index (χ1v) is 5.92. The maximum Gasteiger partial charge on any atom is 0.108 e. The molecule has 0 aliphatic rings. The van der Waals surface area contributed by atoms with E-state index in [2.05, 4.69) is 6.92 Å². The normalized spacial score (nSPS) is 16.6. The van der Waals surface area contributed by atoms with E-state index < -0.39 is 5.60 Å². The second kappa shape index (κ2) is 7.82. The number of rotatable bonds is 8. The van der Waals surface area contributed by atoms with E-state index in [1.54, 1.807) is 6.92 Å². The van der Waals surface area contributed by atoms with Crippen LogP contribution in [0.5, 0.6) is 0 Å². The largest absolute Gasteiger partial charge is 0.385 e. The fourth-order valence-corrected chi connectivity index (χ4v) is 0.986. The minimum absolute atomic E-state index is 0.184. The van der Waals surface area contributed by atoms with Crippen molar-refractivity contribution in [1.29, 1.82) is 0 Å². The lowest BCUT2D eigenvalue weighted by atomic mass is 10.1. The summed E-state index contributed by atoms with van der Waals surface area (Å²) in [5.74, 6) is 0. The molecule has 0 bridgehead atoms. The fraction of sp³-hybridized carbons (Fsp3) is 0.846. The Morgan fingerprint density at radius 3 is 2.50 bits per heavy atom. The van der Waals surface area contributed by atoms with Crippen molar-refractivity contribution >= 4 is 0 Å². The van der Waals surface area contributed by atoms with Crippen LogP contribution in [-0.2, 0) is 9.47 Å². The first kappa shape index (κ1) is 15.6. The predicted octanol–water partition coefficient (Wildman–Crippen LogP) is 2.54. The van der Waals surface area contributed by atoms with Crippen molar-refractivity contribution in [2.45, 2.75) is 52.7 Å². The topological polar surface area (TPSA) is 38.7 Å². The second-order valence-electron chi connectivity index (χ2n) is 4.82. The third-order valence-corrected chi connectivity index (χ3v) is 2.28. The quantitative estimate of drug-likeness (QED) is 0.514. The zero-order valence-corrected chi connectivity index (χ0v) is 11.2. The summed E-state index contributed by atoms with van der Waals surface area (Å²) in [5.41, 5.74) is 0.314. The molecule has 0 aromatic carbocycles. The first-order valence-electron chi connectivity index (χ1n) is 5.92. The first-order chi connectivity index (χ1) is 7.37. The van der Waals surface area contributed by atoms with Gasteiger partial charge < -0.3 is 14.6 Å². The monoisotopic (exact) mass is 230 g/mol. The Balaban J connectivity index is 3.73. The lowest BCUT2D eigenvalue weighted by Gasteiger charge is -2.24. The van der Waals surface area contributed by atoms with Crippen molar-refractivity contribution in [3.05, 3.63) is 11.6 Å². The van der Waals surface area contributed by atoms with Gasteiger partial charge in [-0.15, -0.1) is 0 Å². The molecule has 0 saturated heterocycles. The van der Waals surface area contributed by atoms with Gasteiger partial charge in [-0.1, -0.05) is 18.6 Å². The minimum atomic E-state index is -0.904. The van der Waals surface area contributed by atoms with Crippen LogP contribution in [0.3, 0.4) is 0 Å². The van der Waals surface area contributed by atoms with Gasteiger partial charge in [0, 0.05) is 0 Å². The predicted molar refractivity (Wildman–Crippen MR) is 66.6 cm³/mol. The zero-order chi connectivity index (χ0) is 12.6. The highest BCUT2D eigenvalue weighted by molar-refractivity contribution is 4.92. The van der Waals surface area contributed by atoms with Gasteiger partial charge in [0.25, 0.3) is 0 Å². The summed E-state index contributed by atoms with van der Waals surface area (Å²) in [5, 5.41) is 9.95. The van der Waals surface area contributed by atoms with Gasteiger partial charge in [0.15, 0.2) is 0 Å². The van der Waals surface area contributed by atoms with Crippen LogP contribution in [0.1, 0.15) is 41.0 Å². The lowest BCUT2D eigenvalue weighted by molar-refractivity contribution is -0.0957. The summed E-state index contributed by atoms with van der Waals surface area (Å²) < 4.78 is 10.9. The molecule has 3 heteroatoms. The molecule has 0 aliphatic heterocycles. The smallest absolute Gasteiger partial charge is 0.108 e. The molecular formula is C13H26O3. The van der Waals surface area contributed by atoms with Gasteiger partial charge in [-0.25, -0.2) is 0 Å². The number of ether oxygens (including phenoxy) is 2. The molecular weight excluding hydrogens is 204 g/mol. The van der Waals surface area contributed by atoms with Gasteiger partial charge in [-0.05, 0) is 34.1 Å². The molecule has 0 amide bonds. The van der Waals surface area contributed by atoms with E-state index in [1.807, 2.05) is 26.8 Å². The molecule has 0 heterocycles. The summed E-state index contributed by atoms with van der Waals surface area (Å²) in [6, 6.07) is 0. The van der Waals surface area contributed by atoms with Crippen LogP contribution in [-0.4, -0.2) is 36.6 Å². The van der Waals surface area contributed by atoms with Gasteiger partial charge >= 0.3 is 0 Å². The lowest BCUT2D eigenvalue weighted by Crippen LogP contribution is -2.37. The molecule has 1 N–H and O–H groups in total. The molecule has 0 aromatic heterocycles. The highest BCUT2D eigenvalue weighted by atomic mass is 16.5. The zero-order valence-electron chi connectivity index (χ0n) is 11.2. The summed E-state index contributed by atoms with van der Waals surface area (Å²) in [4.78, 5) is 0. The Morgan fingerprint density at radius 2 is 2.00 bits per heavy atom. The van der Waals surface area contributed by atoms with E-state index in [-0.39, 0.29) is 6.10 Å². The van der Waals surface area contributed by atoms with Crippen LogP contribution in [0, 0.1) is 0 Å². The fourth-order valence-electron chi connectivity index (χ4n) is 0.986. The van der Waals surface area contributed by atoms with E-state index in [0.29, 0.717) is 19.8 Å². The standard InChI is InChI=1S/C13H26O3/c1-6-12(4)16-10-13(5,14)9-15-8-7-11(2)3/h7,12,14H,6,8-10H2,1-5H3. The molecule has 2 atom stereocenters. The van der Waals surface area contributed by atoms with Gasteiger partial charge in [0.1, 0.15) is 5.60 Å². The van der Waals surface area contributed by atoms with Crippen LogP contribution in [0.15, 0.2) is 11.6 Å². The number of hydrogen-bond acceptors (Lipinski definition) is 3. The van der Waals surface area contributed by atoms with Crippen molar-refractivity contribution in [3.8, 4) is 0 Å². The van der Waals surface area contributed by atoms with E-state index in [0.717, 1.165) is 6.42 Å². The molecule has 0 aliphatic carbocycles. The van der Waals surface area contributed by atoms with Gasteiger partial charge in [0.05, 0.1) is 25.9 Å². The Bertz CT molecular complexity index is 205. The average Bonchev–Trinajstić information content (AvgIpc) is 2.21. The van der Waals surface area contributed by atoms with Crippen molar-refractivity contribution in [1.82, 2.24) is 0 Å². The van der Waals surface area contributed by atoms with E-state index >= 15 is 0 Å². The van der Waals surface area contributed by atoms with Gasteiger partial charge in [0.2, 0.25) is 0 Å². The van der Waals surface area contributed by atoms with Crippen molar-refractivity contribution < 1.29 is 14.6 Å². The highest BCUT2D eigenvalue weighted by Gasteiger charge is 2.21. The number of aliphatic hydroxyl groups is 1. The van der Waals surface area contributed by atoms with Crippen LogP contribution in [0.4, 0.5) is 0 Å². The molecule has 3 nitrogen and oxygen atoms in total. The van der Waals surface area contributed by atoms with Crippen molar-refractivity contribution in [3.63, 3.8) is 0 Å². The third kappa shape index (κ3) is 8.89. The van der Waals surface area contributed by atoms with Crippen LogP contribution < -0.4 is 0 Å². The Hall–Kier alpha value is -0.380. The summed E-state index contributed by atoms with van der Waals surface area (Å²) >= 11 is 0. The second-order valence-corrected chi connectivity index (χ2v) is 4.82. The van der Waals surface area contributed by atoms with E-state index in [4.69, 9.17) is 9.47 Å². The number of hydrogen-bond donors (Lipinski definition) is 1. The highest BCUT2D eigenvalue weighted by Crippen LogP contribution is 2.08. The van der Waals surface area contributed by atoms with Crippen LogP contribution in [0.25, 0.3) is 0 Å². The Morgan fingerprint density at radius 1 is 1.38 bits per heavy atom. The van der Waals surface area contributed by atoms with Gasteiger partial charge in [-0.2, -0.15) is 0 Å². The van der Waals surface area contributed by atoms with Crippen LogP contribution >= 0.6 is 0 Å². The van der Waals surface area contributed by atoms with E-state index in [1.165, 1.54) is 5.57 Å². The molecule has 0 radical (unpaired) electrons. The number of allylic oxidation sites excluding steroid dienone is 1. The molecule has 0 rings (SSSR count). The van der Waals surface area contributed by atoms with Gasteiger partial charge in [-0.3, -0.25) is 0 Å². The minimum Gasteiger partial charge on any atom is -0.385 e. The Labute approximate surface area is 99.5 Å². The molecule has 2 unspecified atom stereocenters. The Kier molecular flexibility index (Phi) is 7.64.